The van der Waals surface area contributed by atoms with Crippen LogP contribution in [0.15, 0.2) is 0 Å². The lowest BCUT2D eigenvalue weighted by Crippen LogP contribution is -2.52. The van der Waals surface area contributed by atoms with Crippen LogP contribution in [-0.2, 0) is 14.3 Å². The Hall–Kier alpha value is -0.690. The van der Waals surface area contributed by atoms with E-state index in [0.29, 0.717) is 19.8 Å². The predicted molar refractivity (Wildman–Crippen MR) is 71.4 cm³/mol. The third-order valence-electron chi connectivity index (χ3n) is 2.54. The van der Waals surface area contributed by atoms with Crippen LogP contribution in [0.25, 0.3) is 0 Å². The molecule has 0 aliphatic heterocycles. The Kier molecular flexibility index (Phi) is 9.86. The van der Waals surface area contributed by atoms with Gasteiger partial charge in [-0.3, -0.25) is 9.69 Å². The molecule has 0 aliphatic rings. The van der Waals surface area contributed by atoms with Crippen molar-refractivity contribution < 1.29 is 14.3 Å². The minimum atomic E-state index is -0.348. The van der Waals surface area contributed by atoms with Crippen LogP contribution in [0.5, 0.6) is 0 Å². The largest absolute Gasteiger partial charge is 0.383 e. The molecular weight excluding hydrogens is 234 g/mol. The number of nitrogens with zero attached hydrogens (tertiary/aromatic N) is 1. The van der Waals surface area contributed by atoms with Gasteiger partial charge in [0.05, 0.1) is 19.3 Å². The number of amides is 1. The molecule has 1 amide bonds. The van der Waals surface area contributed by atoms with Crippen LogP contribution in [-0.4, -0.2) is 70.0 Å². The Bertz CT molecular complexity index is 217. The molecule has 0 saturated carbocycles. The first-order valence-corrected chi connectivity index (χ1v) is 6.26. The first-order chi connectivity index (χ1) is 8.51. The van der Waals surface area contributed by atoms with Crippen LogP contribution < -0.4 is 11.1 Å². The maximum absolute atomic E-state index is 11.4. The molecule has 0 aromatic carbocycles. The smallest absolute Gasteiger partial charge is 0.235 e. The van der Waals surface area contributed by atoms with E-state index >= 15 is 0 Å². The van der Waals surface area contributed by atoms with Gasteiger partial charge in [-0.05, 0) is 0 Å². The lowest BCUT2D eigenvalue weighted by atomic mass is 10.2. The SMILES string of the molecule is COCCN(CCOC)CC(NC(C)C)C(N)=O. The molecule has 3 N–H and O–H groups in total. The van der Waals surface area contributed by atoms with E-state index in [1.54, 1.807) is 14.2 Å². The van der Waals surface area contributed by atoms with E-state index in [-0.39, 0.29) is 18.0 Å². The van der Waals surface area contributed by atoms with Gasteiger partial charge in [0.25, 0.3) is 0 Å². The van der Waals surface area contributed by atoms with Crippen molar-refractivity contribution in [3.63, 3.8) is 0 Å². The van der Waals surface area contributed by atoms with Crippen molar-refractivity contribution in [2.45, 2.75) is 25.9 Å². The second kappa shape index (κ2) is 10.3. The molecule has 0 heterocycles. The average molecular weight is 261 g/mol. The highest BCUT2D eigenvalue weighted by molar-refractivity contribution is 5.80. The number of nitrogens with two attached hydrogens (primary N) is 1. The summed E-state index contributed by atoms with van der Waals surface area (Å²) in [5, 5.41) is 3.16. The van der Waals surface area contributed by atoms with E-state index < -0.39 is 0 Å². The monoisotopic (exact) mass is 261 g/mol. The summed E-state index contributed by atoms with van der Waals surface area (Å²) in [5.41, 5.74) is 5.40. The van der Waals surface area contributed by atoms with Crippen molar-refractivity contribution in [2.24, 2.45) is 5.73 Å². The van der Waals surface area contributed by atoms with Crippen molar-refractivity contribution in [3.8, 4) is 0 Å². The van der Waals surface area contributed by atoms with Crippen LogP contribution in [0, 0.1) is 0 Å². The molecule has 18 heavy (non-hydrogen) atoms. The van der Waals surface area contributed by atoms with Crippen LogP contribution in [0.2, 0.25) is 0 Å². The molecule has 0 aliphatic carbocycles. The molecule has 1 unspecified atom stereocenters. The number of primary amides is 1. The Labute approximate surface area is 110 Å². The second-order valence-corrected chi connectivity index (χ2v) is 4.56. The molecule has 0 saturated heterocycles. The lowest BCUT2D eigenvalue weighted by Gasteiger charge is -2.27. The van der Waals surface area contributed by atoms with Crippen molar-refractivity contribution in [2.75, 3.05) is 47.1 Å². The quantitative estimate of drug-likeness (QED) is 0.521. The number of carbonyl (C=O) groups is 1. The molecule has 6 nitrogen and oxygen atoms in total. The summed E-state index contributed by atoms with van der Waals surface area (Å²) in [6, 6.07) is -0.132. The zero-order valence-electron chi connectivity index (χ0n) is 11.9. The van der Waals surface area contributed by atoms with E-state index in [1.165, 1.54) is 0 Å². The normalized spacial score (nSPS) is 13.2. The van der Waals surface area contributed by atoms with Crippen LogP contribution >= 0.6 is 0 Å². The van der Waals surface area contributed by atoms with Gasteiger partial charge in [0.15, 0.2) is 0 Å². The number of carbonyl (C=O) groups excluding carboxylic acids is 1. The standard InChI is InChI=1S/C12H27N3O3/c1-10(2)14-11(12(13)16)9-15(5-7-17-3)6-8-18-4/h10-11,14H,5-9H2,1-4H3,(H2,13,16). The minimum Gasteiger partial charge on any atom is -0.383 e. The maximum atomic E-state index is 11.4. The zero-order valence-corrected chi connectivity index (χ0v) is 11.9. The molecule has 0 bridgehead atoms. The first kappa shape index (κ1) is 17.3. The van der Waals surface area contributed by atoms with Crippen molar-refractivity contribution >= 4 is 5.91 Å². The fourth-order valence-electron chi connectivity index (χ4n) is 1.62. The summed E-state index contributed by atoms with van der Waals surface area (Å²) in [7, 11) is 3.32. The van der Waals surface area contributed by atoms with Gasteiger partial charge in [0.2, 0.25) is 5.91 Å². The fourth-order valence-corrected chi connectivity index (χ4v) is 1.62. The van der Waals surface area contributed by atoms with E-state index in [2.05, 4.69) is 10.2 Å². The third kappa shape index (κ3) is 8.41. The van der Waals surface area contributed by atoms with Gasteiger partial charge in [0.1, 0.15) is 0 Å². The number of ether oxygens (including phenoxy) is 2. The topological polar surface area (TPSA) is 76.8 Å². The lowest BCUT2D eigenvalue weighted by molar-refractivity contribution is -0.120. The Morgan fingerprint density at radius 2 is 1.72 bits per heavy atom. The summed E-state index contributed by atoms with van der Waals surface area (Å²) in [5.74, 6) is -0.330. The van der Waals surface area contributed by atoms with Gasteiger partial charge in [-0.2, -0.15) is 0 Å². The third-order valence-corrected chi connectivity index (χ3v) is 2.54. The summed E-state index contributed by atoms with van der Waals surface area (Å²) in [4.78, 5) is 13.5. The number of hydrogen-bond acceptors (Lipinski definition) is 5. The first-order valence-electron chi connectivity index (χ1n) is 6.26. The molecule has 0 aromatic rings. The van der Waals surface area contributed by atoms with Gasteiger partial charge >= 0.3 is 0 Å². The molecule has 0 spiro atoms. The zero-order chi connectivity index (χ0) is 14.0. The van der Waals surface area contributed by atoms with Gasteiger partial charge in [-0.15, -0.1) is 0 Å². The number of hydrogen-bond donors (Lipinski definition) is 2. The highest BCUT2D eigenvalue weighted by atomic mass is 16.5. The van der Waals surface area contributed by atoms with Crippen molar-refractivity contribution in [1.29, 1.82) is 0 Å². The number of methoxy groups -OCH3 is 2. The average Bonchev–Trinajstić information content (AvgIpc) is 2.30. The molecule has 6 heteroatoms. The van der Waals surface area contributed by atoms with E-state index in [1.807, 2.05) is 13.8 Å². The summed E-state index contributed by atoms with van der Waals surface area (Å²) >= 11 is 0. The minimum absolute atomic E-state index is 0.217. The van der Waals surface area contributed by atoms with Crippen molar-refractivity contribution in [3.05, 3.63) is 0 Å². The van der Waals surface area contributed by atoms with E-state index in [0.717, 1.165) is 13.1 Å². The summed E-state index contributed by atoms with van der Waals surface area (Å²) in [6.45, 7) is 7.30. The molecule has 0 aromatic heterocycles. The van der Waals surface area contributed by atoms with Gasteiger partial charge in [-0.25, -0.2) is 0 Å². The molecule has 0 radical (unpaired) electrons. The van der Waals surface area contributed by atoms with E-state index in [9.17, 15) is 4.79 Å². The Morgan fingerprint density at radius 3 is 2.06 bits per heavy atom. The molecular formula is C12H27N3O3. The van der Waals surface area contributed by atoms with Gasteiger partial charge < -0.3 is 20.5 Å². The van der Waals surface area contributed by atoms with Crippen LogP contribution in [0.3, 0.4) is 0 Å². The fraction of sp³-hybridized carbons (Fsp3) is 0.917. The second-order valence-electron chi connectivity index (χ2n) is 4.56. The van der Waals surface area contributed by atoms with Crippen molar-refractivity contribution in [1.82, 2.24) is 10.2 Å². The van der Waals surface area contributed by atoms with Gasteiger partial charge in [-0.1, -0.05) is 13.8 Å². The molecule has 0 rings (SSSR count). The Morgan fingerprint density at radius 1 is 1.22 bits per heavy atom. The predicted octanol–water partition coefficient (Wildman–Crippen LogP) is -0.567. The maximum Gasteiger partial charge on any atom is 0.235 e. The van der Waals surface area contributed by atoms with Gasteiger partial charge in [0, 0.05) is 39.9 Å². The summed E-state index contributed by atoms with van der Waals surface area (Å²) in [6.07, 6.45) is 0. The number of nitrogens with one attached hydrogen (secondary N) is 1. The Balaban J connectivity index is 4.32. The highest BCUT2D eigenvalue weighted by Gasteiger charge is 2.19. The number of rotatable bonds is 11. The van der Waals surface area contributed by atoms with Crippen LogP contribution in [0.1, 0.15) is 13.8 Å². The highest BCUT2D eigenvalue weighted by Crippen LogP contribution is 1.95. The summed E-state index contributed by atoms with van der Waals surface area (Å²) < 4.78 is 10.1. The molecule has 1 atom stereocenters. The van der Waals surface area contributed by atoms with E-state index in [4.69, 9.17) is 15.2 Å². The molecule has 0 fully saturated rings. The van der Waals surface area contributed by atoms with Crippen LogP contribution in [0.4, 0.5) is 0 Å². The molecule has 108 valence electrons.